The van der Waals surface area contributed by atoms with Crippen LogP contribution in [0.4, 0.5) is 0 Å². The second-order valence-corrected chi connectivity index (χ2v) is 18.2. The van der Waals surface area contributed by atoms with E-state index in [0.717, 1.165) is 32.1 Å². The van der Waals surface area contributed by atoms with Gasteiger partial charge in [0.25, 0.3) is 0 Å². The van der Waals surface area contributed by atoms with Gasteiger partial charge in [-0.3, -0.25) is 9.36 Å². The van der Waals surface area contributed by atoms with Crippen molar-refractivity contribution in [3.05, 3.63) is 139 Å². The predicted molar refractivity (Wildman–Crippen MR) is 217 cm³/mol. The average molecular weight is 736 g/mol. The van der Waals surface area contributed by atoms with Gasteiger partial charge in [0.2, 0.25) is 0 Å². The molecule has 1 heterocycles. The van der Waals surface area contributed by atoms with Gasteiger partial charge in [-0.05, 0) is 119 Å². The van der Waals surface area contributed by atoms with Crippen molar-refractivity contribution in [3.63, 3.8) is 0 Å². The van der Waals surface area contributed by atoms with Gasteiger partial charge in [-0.1, -0.05) is 105 Å². The Labute approximate surface area is 317 Å². The lowest BCUT2D eigenvalue weighted by Crippen LogP contribution is -2.60. The van der Waals surface area contributed by atoms with E-state index < -0.39 is 18.4 Å². The number of nitrogens with zero attached hydrogens (tertiary/aromatic N) is 1. The van der Waals surface area contributed by atoms with Crippen LogP contribution in [0.1, 0.15) is 109 Å². The van der Waals surface area contributed by atoms with Gasteiger partial charge < -0.3 is 14.5 Å². The highest BCUT2D eigenvalue weighted by Gasteiger charge is 2.46. The van der Waals surface area contributed by atoms with Gasteiger partial charge in [-0.25, -0.2) is 0 Å². The molecule has 3 unspecified atom stereocenters. The van der Waals surface area contributed by atoms with Crippen LogP contribution in [-0.2, 0) is 14.1 Å². The van der Waals surface area contributed by atoms with Crippen LogP contribution in [0.3, 0.4) is 0 Å². The molecule has 0 spiro atoms. The summed E-state index contributed by atoms with van der Waals surface area (Å²) >= 11 is 0. The van der Waals surface area contributed by atoms with Gasteiger partial charge in [0.1, 0.15) is 11.9 Å². The van der Waals surface area contributed by atoms with E-state index in [2.05, 4.69) is 61.5 Å². The van der Waals surface area contributed by atoms with Crippen molar-refractivity contribution in [1.29, 1.82) is 0 Å². The summed E-state index contributed by atoms with van der Waals surface area (Å²) in [4.78, 5) is 13.0. The maximum absolute atomic E-state index is 14.5. The molecule has 0 radical (unpaired) electrons. The summed E-state index contributed by atoms with van der Waals surface area (Å²) in [6, 6.07) is 37.8. The first-order valence-corrected chi connectivity index (χ1v) is 20.9. The summed E-state index contributed by atoms with van der Waals surface area (Å²) in [6.07, 6.45) is 9.89. The zero-order valence-electron chi connectivity index (χ0n) is 32.4. The van der Waals surface area contributed by atoms with E-state index in [0.29, 0.717) is 41.0 Å². The Hall–Kier alpha value is -3.96. The number of hydrogen-bond acceptors (Lipinski definition) is 6. The van der Waals surface area contributed by atoms with Crippen molar-refractivity contribution < 1.29 is 23.8 Å². The van der Waals surface area contributed by atoms with Crippen LogP contribution < -0.4 is 15.1 Å². The van der Waals surface area contributed by atoms with E-state index in [1.54, 1.807) is 0 Å². The summed E-state index contributed by atoms with van der Waals surface area (Å²) < 4.78 is 26.8. The van der Waals surface area contributed by atoms with Gasteiger partial charge in [0, 0.05) is 23.9 Å². The zero-order chi connectivity index (χ0) is 38.1. The Morgan fingerprint density at radius 3 is 1.83 bits per heavy atom. The molecule has 1 N–H and O–H groups in total. The molecule has 0 amide bonds. The topological polar surface area (TPSA) is 76.1 Å². The van der Waals surface area contributed by atoms with Crippen LogP contribution in [-0.4, -0.2) is 33.4 Å². The monoisotopic (exact) mass is 735 g/mol. The third-order valence-corrected chi connectivity index (χ3v) is 13.2. The number of benzene rings is 4. The van der Waals surface area contributed by atoms with Crippen molar-refractivity contribution in [2.24, 2.45) is 5.92 Å². The van der Waals surface area contributed by atoms with E-state index in [4.69, 9.17) is 9.26 Å². The van der Waals surface area contributed by atoms with Crippen molar-refractivity contribution in [1.82, 2.24) is 5.06 Å². The van der Waals surface area contributed by atoms with E-state index in [1.165, 1.54) is 16.2 Å². The fraction of sp³-hybridized carbons (Fsp3) is 0.413. The van der Waals surface area contributed by atoms with Crippen LogP contribution in [0.5, 0.6) is 5.75 Å². The first-order chi connectivity index (χ1) is 25.3. The molecule has 4 aromatic rings. The minimum absolute atomic E-state index is 0.159. The lowest BCUT2D eigenvalue weighted by atomic mass is 9.80. The van der Waals surface area contributed by atoms with E-state index in [9.17, 15) is 14.6 Å². The van der Waals surface area contributed by atoms with Crippen LogP contribution in [0.2, 0.25) is 0 Å². The highest BCUT2D eigenvalue weighted by Crippen LogP contribution is 2.46. The number of esters is 1. The van der Waals surface area contributed by atoms with Gasteiger partial charge in [-0.15, -0.1) is 0 Å². The quantitative estimate of drug-likeness (QED) is 0.0701. The van der Waals surface area contributed by atoms with Crippen molar-refractivity contribution in [2.45, 2.75) is 116 Å². The normalized spacial score (nSPS) is 17.9. The fourth-order valence-electron chi connectivity index (χ4n) is 7.81. The molecular formula is C46H58NO5P. The van der Waals surface area contributed by atoms with E-state index in [1.807, 2.05) is 107 Å². The maximum atomic E-state index is 14.5. The number of allylic oxidation sites excluding steroid dienone is 2. The molecule has 1 aliphatic heterocycles. The molecule has 1 fully saturated rings. The zero-order valence-corrected chi connectivity index (χ0v) is 33.3. The highest BCUT2D eigenvalue weighted by atomic mass is 31.2. The standard InChI is InChI=1S/C46H58NO5P/c1-7-36(38-28-30-40(31-29-38)52-53(50,42-24-16-10-17-25-42)43-26-18-11-19-27-43)32-39(37-21-13-9-14-22-37)23-15-8-12-20-35(2)44(48)51-41-33-45(3,4)47(49)46(5,6)34-41/h8-11,13-19,21-22,24-31,35-36,39,41,49H,7,12,20,23,32-34H2,1-6H3/b15-8+. The number of hydroxylamine groups is 2. The molecule has 53 heavy (non-hydrogen) atoms. The minimum Gasteiger partial charge on any atom is -0.462 e. The Morgan fingerprint density at radius 2 is 1.30 bits per heavy atom. The van der Waals surface area contributed by atoms with Crippen LogP contribution in [0.25, 0.3) is 0 Å². The summed E-state index contributed by atoms with van der Waals surface area (Å²) in [6.45, 7) is 12.1. The molecule has 7 heteroatoms. The molecule has 1 aliphatic rings. The first-order valence-electron chi connectivity index (χ1n) is 19.2. The molecule has 0 aromatic heterocycles. The first kappa shape index (κ1) is 40.2. The number of carbonyl (C=O) groups is 1. The molecular weight excluding hydrogens is 677 g/mol. The average Bonchev–Trinajstić information content (AvgIpc) is 3.16. The van der Waals surface area contributed by atoms with Gasteiger partial charge >= 0.3 is 13.3 Å². The smallest absolute Gasteiger partial charge is 0.308 e. The van der Waals surface area contributed by atoms with Crippen molar-refractivity contribution in [2.75, 3.05) is 0 Å². The lowest BCUT2D eigenvalue weighted by molar-refractivity contribution is -0.259. The Balaban J connectivity index is 1.20. The molecule has 1 saturated heterocycles. The van der Waals surface area contributed by atoms with Crippen LogP contribution >= 0.6 is 7.37 Å². The summed E-state index contributed by atoms with van der Waals surface area (Å²) in [7, 11) is -3.35. The lowest BCUT2D eigenvalue weighted by Gasteiger charge is -2.51. The Bertz CT molecular complexity index is 1750. The molecule has 3 atom stereocenters. The van der Waals surface area contributed by atoms with Crippen LogP contribution in [0.15, 0.2) is 127 Å². The van der Waals surface area contributed by atoms with Gasteiger partial charge in [-0.2, -0.15) is 5.06 Å². The third kappa shape index (κ3) is 10.4. The number of carbonyl (C=O) groups excluding carboxylic acids is 1. The maximum Gasteiger partial charge on any atom is 0.308 e. The minimum atomic E-state index is -3.35. The number of piperidine rings is 1. The van der Waals surface area contributed by atoms with Crippen molar-refractivity contribution >= 4 is 23.9 Å². The van der Waals surface area contributed by atoms with E-state index >= 15 is 0 Å². The Kier molecular flexibility index (Phi) is 13.6. The number of ether oxygens (including phenoxy) is 1. The SMILES string of the molecule is CCC(CC(C/C=C/CCC(C)C(=O)OC1CC(C)(C)N(O)C(C)(C)C1)c1ccccc1)c1ccc(OP(=O)(c2ccccc2)c2ccccc2)cc1. The Morgan fingerprint density at radius 1 is 0.792 bits per heavy atom. The molecule has 4 aromatic carbocycles. The fourth-order valence-corrected chi connectivity index (χ4v) is 9.87. The molecule has 6 nitrogen and oxygen atoms in total. The molecule has 0 saturated carbocycles. The second-order valence-electron chi connectivity index (χ2n) is 15.9. The van der Waals surface area contributed by atoms with Crippen molar-refractivity contribution in [3.8, 4) is 5.75 Å². The summed E-state index contributed by atoms with van der Waals surface area (Å²) in [5.41, 5.74) is 1.64. The summed E-state index contributed by atoms with van der Waals surface area (Å²) in [5, 5.41) is 13.4. The number of rotatable bonds is 16. The number of hydrogen-bond donors (Lipinski definition) is 1. The summed E-state index contributed by atoms with van der Waals surface area (Å²) in [5.74, 6) is 0.891. The van der Waals surface area contributed by atoms with E-state index in [-0.39, 0.29) is 18.0 Å². The van der Waals surface area contributed by atoms with Gasteiger partial charge in [0.15, 0.2) is 0 Å². The largest absolute Gasteiger partial charge is 0.462 e. The molecule has 5 rings (SSSR count). The molecule has 0 bridgehead atoms. The molecule has 282 valence electrons. The van der Waals surface area contributed by atoms with Crippen LogP contribution in [0, 0.1) is 5.92 Å². The molecule has 0 aliphatic carbocycles. The predicted octanol–water partition coefficient (Wildman–Crippen LogP) is 11.0. The van der Waals surface area contributed by atoms with Gasteiger partial charge in [0.05, 0.1) is 16.5 Å². The highest BCUT2D eigenvalue weighted by molar-refractivity contribution is 7.74. The third-order valence-electron chi connectivity index (χ3n) is 10.8. The second kappa shape index (κ2) is 17.9.